The molecule has 2 N–H and O–H groups in total. The zero-order valence-electron chi connectivity index (χ0n) is 6.79. The van der Waals surface area contributed by atoms with Gasteiger partial charge in [-0.05, 0) is 47.2 Å². The lowest BCUT2D eigenvalue weighted by molar-refractivity contribution is 0.257. The molecule has 0 radical (unpaired) electrons. The van der Waals surface area contributed by atoms with Crippen LogP contribution in [0.3, 0.4) is 0 Å². The molecule has 1 aromatic heterocycles. The Bertz CT molecular complexity index is 271. The maximum Gasteiger partial charge on any atom is 0.0285 e. The van der Waals surface area contributed by atoms with Gasteiger partial charge >= 0.3 is 0 Å². The minimum Gasteiger partial charge on any atom is -0.327 e. The molecule has 66 valence electrons. The Labute approximate surface area is 85.1 Å². The van der Waals surface area contributed by atoms with Gasteiger partial charge in [0.2, 0.25) is 0 Å². The van der Waals surface area contributed by atoms with Gasteiger partial charge in [0.15, 0.2) is 0 Å². The molecule has 1 aromatic rings. The van der Waals surface area contributed by atoms with Crippen molar-refractivity contribution in [3.63, 3.8) is 0 Å². The van der Waals surface area contributed by atoms with E-state index < -0.39 is 0 Å². The van der Waals surface area contributed by atoms with Crippen LogP contribution in [-0.2, 0) is 6.42 Å². The molecule has 0 saturated heterocycles. The Morgan fingerprint density at radius 2 is 2.42 bits per heavy atom. The van der Waals surface area contributed by atoms with Crippen molar-refractivity contribution in [2.24, 2.45) is 11.7 Å². The van der Waals surface area contributed by atoms with E-state index in [9.17, 15) is 0 Å². The van der Waals surface area contributed by atoms with E-state index in [1.165, 1.54) is 28.6 Å². The summed E-state index contributed by atoms with van der Waals surface area (Å²) in [5.41, 5.74) is 5.87. The van der Waals surface area contributed by atoms with Gasteiger partial charge in [-0.3, -0.25) is 0 Å². The van der Waals surface area contributed by atoms with Crippen LogP contribution in [-0.4, -0.2) is 6.04 Å². The van der Waals surface area contributed by atoms with Crippen molar-refractivity contribution in [2.75, 3.05) is 0 Å². The molecule has 2 atom stereocenters. The van der Waals surface area contributed by atoms with Crippen LogP contribution in [0.5, 0.6) is 0 Å². The highest BCUT2D eigenvalue weighted by Crippen LogP contribution is 2.31. The first-order valence-corrected chi connectivity index (χ1v) is 5.91. The van der Waals surface area contributed by atoms with Gasteiger partial charge < -0.3 is 5.73 Å². The summed E-state index contributed by atoms with van der Waals surface area (Å²) in [5.74, 6) is 0.746. The molecule has 0 spiro atoms. The molecule has 1 aliphatic carbocycles. The van der Waals surface area contributed by atoms with Gasteiger partial charge in [-0.25, -0.2) is 0 Å². The molecule has 0 bridgehead atoms. The first-order chi connectivity index (χ1) is 5.75. The van der Waals surface area contributed by atoms with Gasteiger partial charge in [0.05, 0.1) is 0 Å². The fourth-order valence-corrected chi connectivity index (χ4v) is 3.11. The zero-order chi connectivity index (χ0) is 8.55. The Kier molecular flexibility index (Phi) is 2.53. The third-order valence-corrected chi connectivity index (χ3v) is 4.28. The molecule has 3 heteroatoms. The number of rotatable bonds is 2. The zero-order valence-corrected chi connectivity index (χ0v) is 9.20. The molecule has 1 aliphatic rings. The van der Waals surface area contributed by atoms with Crippen molar-refractivity contribution < 1.29 is 0 Å². The maximum absolute atomic E-state index is 5.87. The molecule has 1 saturated carbocycles. The van der Waals surface area contributed by atoms with Crippen molar-refractivity contribution in [3.05, 3.63) is 20.8 Å². The molecule has 0 aromatic carbocycles. The quantitative estimate of drug-likeness (QED) is 0.853. The van der Waals surface area contributed by atoms with E-state index in [0.29, 0.717) is 6.04 Å². The lowest BCUT2D eigenvalue weighted by Crippen LogP contribution is -2.40. The Hall–Kier alpha value is 0.140. The summed E-state index contributed by atoms with van der Waals surface area (Å²) in [6.45, 7) is 0. The second-order valence-electron chi connectivity index (χ2n) is 3.44. The second kappa shape index (κ2) is 3.48. The first-order valence-electron chi connectivity index (χ1n) is 4.24. The molecule has 1 nitrogen and oxygen atoms in total. The van der Waals surface area contributed by atoms with Gasteiger partial charge in [0.25, 0.3) is 0 Å². The van der Waals surface area contributed by atoms with Crippen LogP contribution in [0.15, 0.2) is 15.9 Å². The summed E-state index contributed by atoms with van der Waals surface area (Å²) in [6.07, 6.45) is 3.71. The van der Waals surface area contributed by atoms with Crippen LogP contribution >= 0.6 is 27.3 Å². The predicted octanol–water partition coefficient (Wildman–Crippen LogP) is 2.79. The number of nitrogens with two attached hydrogens (primary N) is 1. The Morgan fingerprint density at radius 3 is 2.83 bits per heavy atom. The second-order valence-corrected chi connectivity index (χ2v) is 5.35. The highest BCUT2D eigenvalue weighted by molar-refractivity contribution is 9.10. The monoisotopic (exact) mass is 245 g/mol. The summed E-state index contributed by atoms with van der Waals surface area (Å²) in [7, 11) is 0. The highest BCUT2D eigenvalue weighted by Gasteiger charge is 2.27. The summed E-state index contributed by atoms with van der Waals surface area (Å²) < 4.78 is 1.20. The highest BCUT2D eigenvalue weighted by atomic mass is 79.9. The average Bonchev–Trinajstić information content (AvgIpc) is 2.44. The third-order valence-electron chi connectivity index (χ3n) is 2.56. The van der Waals surface area contributed by atoms with Crippen molar-refractivity contribution in [2.45, 2.75) is 25.3 Å². The van der Waals surface area contributed by atoms with E-state index in [-0.39, 0.29) is 0 Å². The summed E-state index contributed by atoms with van der Waals surface area (Å²) in [5, 5.41) is 2.14. The van der Waals surface area contributed by atoms with Crippen LogP contribution < -0.4 is 5.73 Å². The SMILES string of the molecule is NC1CCC1Cc1cc(Br)cs1. The minimum atomic E-state index is 0.464. The third kappa shape index (κ3) is 1.73. The molecule has 0 amide bonds. The molecule has 1 heterocycles. The molecule has 12 heavy (non-hydrogen) atoms. The van der Waals surface area contributed by atoms with E-state index in [0.717, 1.165) is 5.92 Å². The standard InChI is InChI=1S/C9H12BrNS/c10-7-4-8(12-5-7)3-6-1-2-9(6)11/h4-6,9H,1-3,11H2. The van der Waals surface area contributed by atoms with E-state index in [4.69, 9.17) is 5.73 Å². The fraction of sp³-hybridized carbons (Fsp3) is 0.556. The van der Waals surface area contributed by atoms with Crippen LogP contribution in [0.1, 0.15) is 17.7 Å². The van der Waals surface area contributed by atoms with Crippen molar-refractivity contribution in [3.8, 4) is 0 Å². The van der Waals surface area contributed by atoms with Gasteiger partial charge in [-0.1, -0.05) is 0 Å². The van der Waals surface area contributed by atoms with Gasteiger partial charge in [-0.15, -0.1) is 11.3 Å². The van der Waals surface area contributed by atoms with E-state index in [2.05, 4.69) is 27.4 Å². The normalized spacial score (nSPS) is 28.5. The summed E-state index contributed by atoms with van der Waals surface area (Å²) in [4.78, 5) is 1.46. The first kappa shape index (κ1) is 8.73. The Morgan fingerprint density at radius 1 is 1.58 bits per heavy atom. The predicted molar refractivity (Wildman–Crippen MR) is 56.4 cm³/mol. The molecule has 1 fully saturated rings. The largest absolute Gasteiger partial charge is 0.327 e. The smallest absolute Gasteiger partial charge is 0.0285 e. The number of halogens is 1. The number of thiophene rings is 1. The van der Waals surface area contributed by atoms with E-state index in [1.807, 2.05) is 11.3 Å². The van der Waals surface area contributed by atoms with Crippen LogP contribution in [0.2, 0.25) is 0 Å². The van der Waals surface area contributed by atoms with Crippen molar-refractivity contribution in [1.29, 1.82) is 0 Å². The van der Waals surface area contributed by atoms with Gasteiger partial charge in [-0.2, -0.15) is 0 Å². The lowest BCUT2D eigenvalue weighted by Gasteiger charge is -2.33. The van der Waals surface area contributed by atoms with Gasteiger partial charge in [0, 0.05) is 20.8 Å². The lowest BCUT2D eigenvalue weighted by atomic mass is 9.78. The van der Waals surface area contributed by atoms with Crippen LogP contribution in [0.25, 0.3) is 0 Å². The van der Waals surface area contributed by atoms with Crippen LogP contribution in [0.4, 0.5) is 0 Å². The Balaban J connectivity index is 1.95. The molecule has 0 aliphatic heterocycles. The van der Waals surface area contributed by atoms with E-state index in [1.54, 1.807) is 0 Å². The van der Waals surface area contributed by atoms with Gasteiger partial charge in [0.1, 0.15) is 0 Å². The molecular formula is C9H12BrNS. The number of hydrogen-bond donors (Lipinski definition) is 1. The topological polar surface area (TPSA) is 26.0 Å². The van der Waals surface area contributed by atoms with Crippen LogP contribution in [0, 0.1) is 5.92 Å². The average molecular weight is 246 g/mol. The maximum atomic E-state index is 5.87. The molecule has 2 unspecified atom stereocenters. The minimum absolute atomic E-state index is 0.464. The van der Waals surface area contributed by atoms with Crippen molar-refractivity contribution in [1.82, 2.24) is 0 Å². The van der Waals surface area contributed by atoms with Crippen molar-refractivity contribution >= 4 is 27.3 Å². The summed E-state index contributed by atoms with van der Waals surface area (Å²) >= 11 is 5.28. The number of hydrogen-bond acceptors (Lipinski definition) is 2. The summed E-state index contributed by atoms with van der Waals surface area (Å²) in [6, 6.07) is 2.67. The fourth-order valence-electron chi connectivity index (χ4n) is 1.57. The van der Waals surface area contributed by atoms with E-state index >= 15 is 0 Å². The molecular weight excluding hydrogens is 234 g/mol. The molecule has 2 rings (SSSR count).